The van der Waals surface area contributed by atoms with Crippen LogP contribution in [0.2, 0.25) is 0 Å². The van der Waals surface area contributed by atoms with E-state index in [0.717, 1.165) is 18.4 Å². The maximum atomic E-state index is 12.9. The van der Waals surface area contributed by atoms with Gasteiger partial charge in [-0.3, -0.25) is 4.90 Å². The number of benzene rings is 1. The lowest BCUT2D eigenvalue weighted by molar-refractivity contribution is -0.154. The number of nitrogens with two attached hydrogens (primary N) is 1. The molecule has 0 heterocycles. The van der Waals surface area contributed by atoms with E-state index in [4.69, 9.17) is 5.73 Å². The van der Waals surface area contributed by atoms with E-state index in [-0.39, 0.29) is 24.0 Å². The van der Waals surface area contributed by atoms with E-state index in [1.54, 1.807) is 4.90 Å². The molecule has 0 radical (unpaired) electrons. The van der Waals surface area contributed by atoms with Crippen LogP contribution in [0, 0.1) is 0 Å². The highest BCUT2D eigenvalue weighted by Crippen LogP contribution is 2.42. The molecule has 116 valence electrons. The third-order valence-corrected chi connectivity index (χ3v) is 4.70. The highest BCUT2D eigenvalue weighted by Gasteiger charge is 2.45. The molecule has 0 aromatic heterocycles. The second-order valence-electron chi connectivity index (χ2n) is 6.38. The number of rotatable bonds is 3. The normalized spacial score (nSPS) is 29.5. The molecular formula is C16H21F3N2. The molecule has 0 saturated heterocycles. The Kier molecular flexibility index (Phi) is 3.74. The Morgan fingerprint density at radius 2 is 1.81 bits per heavy atom. The summed E-state index contributed by atoms with van der Waals surface area (Å²) in [5.41, 5.74) is 8.52. The van der Waals surface area contributed by atoms with Crippen LogP contribution in [0.3, 0.4) is 0 Å². The third-order valence-electron chi connectivity index (χ3n) is 4.70. The first-order chi connectivity index (χ1) is 9.87. The van der Waals surface area contributed by atoms with Crippen molar-refractivity contribution in [1.29, 1.82) is 0 Å². The van der Waals surface area contributed by atoms with Gasteiger partial charge in [0.05, 0.1) is 6.54 Å². The molecular weight excluding hydrogens is 277 g/mol. The SMILES string of the molecule is CC1CC(N(CC(F)(F)F)C2CC2)C(N)c2ccccc21. The summed E-state index contributed by atoms with van der Waals surface area (Å²) in [6.07, 6.45) is -1.75. The van der Waals surface area contributed by atoms with Crippen molar-refractivity contribution >= 4 is 0 Å². The minimum atomic E-state index is -4.16. The van der Waals surface area contributed by atoms with Crippen LogP contribution in [0.1, 0.15) is 49.3 Å². The fourth-order valence-corrected chi connectivity index (χ4v) is 3.58. The first-order valence-electron chi connectivity index (χ1n) is 7.53. The summed E-state index contributed by atoms with van der Waals surface area (Å²) in [5, 5.41) is 0. The Balaban J connectivity index is 1.88. The van der Waals surface area contributed by atoms with Gasteiger partial charge in [0.2, 0.25) is 0 Å². The van der Waals surface area contributed by atoms with Crippen molar-refractivity contribution in [1.82, 2.24) is 4.90 Å². The molecule has 0 bridgehead atoms. The van der Waals surface area contributed by atoms with Gasteiger partial charge < -0.3 is 5.73 Å². The van der Waals surface area contributed by atoms with Crippen molar-refractivity contribution in [3.8, 4) is 0 Å². The maximum Gasteiger partial charge on any atom is 0.401 e. The minimum absolute atomic E-state index is 0.0557. The second-order valence-corrected chi connectivity index (χ2v) is 6.38. The van der Waals surface area contributed by atoms with Crippen LogP contribution in [0.25, 0.3) is 0 Å². The number of nitrogens with zero attached hydrogens (tertiary/aromatic N) is 1. The zero-order valence-electron chi connectivity index (χ0n) is 12.1. The van der Waals surface area contributed by atoms with Crippen LogP contribution >= 0.6 is 0 Å². The molecule has 5 heteroatoms. The number of hydrogen-bond acceptors (Lipinski definition) is 2. The Labute approximate surface area is 123 Å². The quantitative estimate of drug-likeness (QED) is 0.924. The zero-order chi connectivity index (χ0) is 15.2. The predicted octanol–water partition coefficient (Wildman–Crippen LogP) is 3.59. The first-order valence-corrected chi connectivity index (χ1v) is 7.53. The summed E-state index contributed by atoms with van der Waals surface area (Å²) in [4.78, 5) is 1.61. The van der Waals surface area contributed by atoms with Crippen molar-refractivity contribution in [2.45, 2.75) is 56.4 Å². The number of fused-ring (bicyclic) bond motifs is 1. The van der Waals surface area contributed by atoms with E-state index in [9.17, 15) is 13.2 Å². The topological polar surface area (TPSA) is 29.3 Å². The molecule has 1 aromatic carbocycles. The van der Waals surface area contributed by atoms with Crippen LogP contribution < -0.4 is 5.73 Å². The molecule has 21 heavy (non-hydrogen) atoms. The van der Waals surface area contributed by atoms with Gasteiger partial charge in [-0.15, -0.1) is 0 Å². The van der Waals surface area contributed by atoms with Gasteiger partial charge in [0, 0.05) is 18.1 Å². The van der Waals surface area contributed by atoms with Crippen LogP contribution in [-0.4, -0.2) is 29.7 Å². The highest BCUT2D eigenvalue weighted by atomic mass is 19.4. The molecule has 2 aliphatic rings. The first kappa shape index (κ1) is 14.9. The monoisotopic (exact) mass is 298 g/mol. The van der Waals surface area contributed by atoms with Gasteiger partial charge in [-0.1, -0.05) is 31.2 Å². The molecule has 2 N–H and O–H groups in total. The largest absolute Gasteiger partial charge is 0.401 e. The van der Waals surface area contributed by atoms with E-state index < -0.39 is 12.7 Å². The van der Waals surface area contributed by atoms with Gasteiger partial charge in [-0.25, -0.2) is 0 Å². The average molecular weight is 298 g/mol. The maximum absolute atomic E-state index is 12.9. The molecule has 3 unspecified atom stereocenters. The molecule has 2 aliphatic carbocycles. The standard InChI is InChI=1S/C16H21F3N2/c1-10-8-14(15(20)13-5-3-2-4-12(10)13)21(11-6-7-11)9-16(17,18)19/h2-5,10-11,14-15H,6-9,20H2,1H3. The fraction of sp³-hybridized carbons (Fsp3) is 0.625. The summed E-state index contributed by atoms with van der Waals surface area (Å²) in [6, 6.07) is 7.39. The van der Waals surface area contributed by atoms with Crippen molar-refractivity contribution < 1.29 is 13.2 Å². The van der Waals surface area contributed by atoms with Gasteiger partial charge in [0.1, 0.15) is 0 Å². The van der Waals surface area contributed by atoms with Crippen LogP contribution in [0.15, 0.2) is 24.3 Å². The summed E-state index contributed by atoms with van der Waals surface area (Å²) in [5.74, 6) is 0.250. The summed E-state index contributed by atoms with van der Waals surface area (Å²) in [6.45, 7) is 1.24. The van der Waals surface area contributed by atoms with Crippen LogP contribution in [0.5, 0.6) is 0 Å². The lowest BCUT2D eigenvalue weighted by atomic mass is 9.77. The lowest BCUT2D eigenvalue weighted by Crippen LogP contribution is -2.50. The molecule has 1 fully saturated rings. The van der Waals surface area contributed by atoms with Gasteiger partial charge in [-0.2, -0.15) is 13.2 Å². The third kappa shape index (κ3) is 3.09. The number of hydrogen-bond donors (Lipinski definition) is 1. The van der Waals surface area contributed by atoms with Gasteiger partial charge in [-0.05, 0) is 36.3 Å². The van der Waals surface area contributed by atoms with E-state index in [1.165, 1.54) is 5.56 Å². The summed E-state index contributed by atoms with van der Waals surface area (Å²) in [7, 11) is 0. The molecule has 1 saturated carbocycles. The van der Waals surface area contributed by atoms with E-state index in [2.05, 4.69) is 6.92 Å². The second kappa shape index (κ2) is 5.29. The van der Waals surface area contributed by atoms with Gasteiger partial charge >= 0.3 is 6.18 Å². The minimum Gasteiger partial charge on any atom is -0.323 e. The summed E-state index contributed by atoms with van der Waals surface area (Å²) < 4.78 is 38.7. The van der Waals surface area contributed by atoms with E-state index >= 15 is 0 Å². The molecule has 0 amide bonds. The average Bonchev–Trinajstić information content (AvgIpc) is 3.24. The molecule has 1 aromatic rings. The molecule has 3 rings (SSSR count). The smallest absolute Gasteiger partial charge is 0.323 e. The van der Waals surface area contributed by atoms with E-state index in [0.29, 0.717) is 6.42 Å². The fourth-order valence-electron chi connectivity index (χ4n) is 3.58. The van der Waals surface area contributed by atoms with Crippen molar-refractivity contribution in [3.63, 3.8) is 0 Å². The number of alkyl halides is 3. The van der Waals surface area contributed by atoms with Gasteiger partial charge in [0.15, 0.2) is 0 Å². The van der Waals surface area contributed by atoms with Crippen LogP contribution in [0.4, 0.5) is 13.2 Å². The van der Waals surface area contributed by atoms with Crippen molar-refractivity contribution in [2.24, 2.45) is 5.73 Å². The lowest BCUT2D eigenvalue weighted by Gasteiger charge is -2.42. The van der Waals surface area contributed by atoms with E-state index in [1.807, 2.05) is 24.3 Å². The Morgan fingerprint density at radius 1 is 1.19 bits per heavy atom. The number of halogens is 3. The van der Waals surface area contributed by atoms with Crippen molar-refractivity contribution in [3.05, 3.63) is 35.4 Å². The molecule has 0 spiro atoms. The Bertz CT molecular complexity index is 510. The Hall–Kier alpha value is -1.07. The molecule has 2 nitrogen and oxygen atoms in total. The van der Waals surface area contributed by atoms with Crippen LogP contribution in [-0.2, 0) is 0 Å². The highest BCUT2D eigenvalue weighted by molar-refractivity contribution is 5.36. The zero-order valence-corrected chi connectivity index (χ0v) is 12.1. The Morgan fingerprint density at radius 3 is 2.38 bits per heavy atom. The van der Waals surface area contributed by atoms with Crippen molar-refractivity contribution in [2.75, 3.05) is 6.54 Å². The van der Waals surface area contributed by atoms with Gasteiger partial charge in [0.25, 0.3) is 0 Å². The predicted molar refractivity (Wildman–Crippen MR) is 76.0 cm³/mol. The summed E-state index contributed by atoms with van der Waals surface area (Å²) >= 11 is 0. The molecule has 3 atom stereocenters. The molecule has 0 aliphatic heterocycles.